The van der Waals surface area contributed by atoms with E-state index in [9.17, 15) is 0 Å². The lowest BCUT2D eigenvalue weighted by Gasteiger charge is -2.49. The molecule has 142 valence electrons. The highest BCUT2D eigenvalue weighted by molar-refractivity contribution is 4.93. The zero-order valence-corrected chi connectivity index (χ0v) is 17.6. The highest BCUT2D eigenvalue weighted by Crippen LogP contribution is 2.28. The van der Waals surface area contributed by atoms with E-state index < -0.39 is 0 Å². The molecule has 0 radical (unpaired) electrons. The van der Waals surface area contributed by atoms with Crippen LogP contribution in [0.3, 0.4) is 0 Å². The second-order valence-corrected chi connectivity index (χ2v) is 9.67. The number of likely N-dealkylation sites (N-methyl/N-ethyl adjacent to an activating group) is 2. The van der Waals surface area contributed by atoms with Crippen LogP contribution in [0.15, 0.2) is 0 Å². The molecule has 4 nitrogen and oxygen atoms in total. The van der Waals surface area contributed by atoms with Gasteiger partial charge in [-0.2, -0.15) is 0 Å². The van der Waals surface area contributed by atoms with Crippen molar-refractivity contribution in [2.75, 3.05) is 53.4 Å². The van der Waals surface area contributed by atoms with Crippen LogP contribution in [0.2, 0.25) is 0 Å². The van der Waals surface area contributed by atoms with Gasteiger partial charge in [-0.3, -0.25) is 9.80 Å². The number of nitrogens with zero attached hydrogens (tertiary/aromatic N) is 4. The van der Waals surface area contributed by atoms with Gasteiger partial charge >= 0.3 is 0 Å². The number of rotatable bonds is 0. The fourth-order valence-corrected chi connectivity index (χ4v) is 4.69. The van der Waals surface area contributed by atoms with Crippen molar-refractivity contribution in [2.45, 2.75) is 77.5 Å². The molecule has 0 aromatic heterocycles. The highest BCUT2D eigenvalue weighted by Gasteiger charge is 2.36. The van der Waals surface area contributed by atoms with Crippen LogP contribution >= 0.6 is 0 Å². The first kappa shape index (κ1) is 20.2. The quantitative estimate of drug-likeness (QED) is 0.673. The minimum atomic E-state index is 0.254. The topological polar surface area (TPSA) is 13.0 Å². The first-order valence-electron chi connectivity index (χ1n) is 9.93. The second kappa shape index (κ2) is 7.61. The van der Waals surface area contributed by atoms with Crippen LogP contribution in [0.4, 0.5) is 0 Å². The lowest BCUT2D eigenvalue weighted by molar-refractivity contribution is -0.00155. The Morgan fingerprint density at radius 2 is 0.875 bits per heavy atom. The summed E-state index contributed by atoms with van der Waals surface area (Å²) in [4.78, 5) is 10.6. The maximum Gasteiger partial charge on any atom is 0.0169 e. The van der Waals surface area contributed by atoms with Gasteiger partial charge in [0.1, 0.15) is 0 Å². The summed E-state index contributed by atoms with van der Waals surface area (Å²) in [6.45, 7) is 21.7. The molecule has 4 atom stereocenters. The van der Waals surface area contributed by atoms with Crippen molar-refractivity contribution >= 4 is 0 Å². The summed E-state index contributed by atoms with van der Waals surface area (Å²) < 4.78 is 0. The van der Waals surface area contributed by atoms with E-state index in [0.29, 0.717) is 12.1 Å². The molecular weight excluding hydrogens is 296 g/mol. The van der Waals surface area contributed by atoms with Crippen LogP contribution in [-0.2, 0) is 0 Å². The van der Waals surface area contributed by atoms with Gasteiger partial charge in [-0.1, -0.05) is 0 Å². The van der Waals surface area contributed by atoms with E-state index >= 15 is 0 Å². The molecule has 0 saturated carbocycles. The number of fused-ring (bicyclic) bond motifs is 3. The molecule has 0 amide bonds. The monoisotopic (exact) mass is 338 g/mol. The van der Waals surface area contributed by atoms with Gasteiger partial charge < -0.3 is 9.80 Å². The van der Waals surface area contributed by atoms with Crippen molar-refractivity contribution in [1.82, 2.24) is 19.6 Å². The summed E-state index contributed by atoms with van der Waals surface area (Å²) in [5, 5.41) is 0. The predicted octanol–water partition coefficient (Wildman–Crippen LogP) is 2.60. The third-order valence-corrected chi connectivity index (χ3v) is 6.89. The lowest BCUT2D eigenvalue weighted by Crippen LogP contribution is -2.59. The zero-order valence-electron chi connectivity index (χ0n) is 17.6. The molecule has 0 aliphatic carbocycles. The molecular formula is C20H42N4. The van der Waals surface area contributed by atoms with Crippen molar-refractivity contribution in [2.24, 2.45) is 0 Å². The molecule has 2 fully saturated rings. The van der Waals surface area contributed by atoms with Gasteiger partial charge in [0.25, 0.3) is 0 Å². The normalized spacial score (nSPS) is 39.5. The van der Waals surface area contributed by atoms with Gasteiger partial charge in [-0.15, -0.1) is 0 Å². The lowest BCUT2D eigenvalue weighted by atomic mass is 9.90. The van der Waals surface area contributed by atoms with Crippen LogP contribution in [0.5, 0.6) is 0 Å². The van der Waals surface area contributed by atoms with Crippen LogP contribution in [-0.4, -0.2) is 96.1 Å². The molecule has 0 aromatic carbocycles. The molecule has 0 spiro atoms. The molecule has 2 heterocycles. The third kappa shape index (κ3) is 4.72. The first-order chi connectivity index (χ1) is 11.0. The summed E-state index contributed by atoms with van der Waals surface area (Å²) in [6, 6.07) is 1.26. The SMILES string of the molecule is CC1CC(C)(C)N2CCN(C)[C@H](C)CC(C)(C)N(CCN1C)CC2. The number of hydrogen-bond acceptors (Lipinski definition) is 4. The van der Waals surface area contributed by atoms with Crippen molar-refractivity contribution < 1.29 is 0 Å². The molecule has 4 heteroatoms. The fourth-order valence-electron chi connectivity index (χ4n) is 4.69. The Hall–Kier alpha value is -0.160. The highest BCUT2D eigenvalue weighted by atomic mass is 15.3. The Bertz CT molecular complexity index is 368. The molecule has 2 aliphatic rings. The molecule has 0 aromatic rings. The van der Waals surface area contributed by atoms with Crippen LogP contribution in [0.1, 0.15) is 54.4 Å². The average molecular weight is 339 g/mol. The van der Waals surface area contributed by atoms with E-state index in [4.69, 9.17) is 0 Å². The van der Waals surface area contributed by atoms with Crippen LogP contribution in [0.25, 0.3) is 0 Å². The Labute approximate surface area is 151 Å². The third-order valence-electron chi connectivity index (χ3n) is 6.89. The summed E-state index contributed by atoms with van der Waals surface area (Å²) >= 11 is 0. The molecule has 2 rings (SSSR count). The Morgan fingerprint density at radius 3 is 1.21 bits per heavy atom. The van der Waals surface area contributed by atoms with Crippen molar-refractivity contribution in [3.05, 3.63) is 0 Å². The van der Waals surface area contributed by atoms with Gasteiger partial charge in [0.2, 0.25) is 0 Å². The van der Waals surface area contributed by atoms with Gasteiger partial charge in [0.15, 0.2) is 0 Å². The summed E-state index contributed by atoms with van der Waals surface area (Å²) in [6.07, 6.45) is 2.48. The number of hydrogen-bond donors (Lipinski definition) is 0. The van der Waals surface area contributed by atoms with E-state index in [-0.39, 0.29) is 11.1 Å². The molecule has 2 bridgehead atoms. The standard InChI is InChI=1S/C20H42N4/c1-17-15-19(3,4)23-12-10-22(8)18(2)16-20(5,6)24(14-13-23)11-9-21(17)7/h17-18H,9-16H2,1-8H3/t17-,18?/m1/s1. The maximum absolute atomic E-state index is 2.75. The molecule has 24 heavy (non-hydrogen) atoms. The summed E-state index contributed by atoms with van der Waals surface area (Å²) in [5.41, 5.74) is 0.508. The zero-order chi connectivity index (χ0) is 18.1. The van der Waals surface area contributed by atoms with Crippen LogP contribution in [0, 0.1) is 0 Å². The first-order valence-corrected chi connectivity index (χ1v) is 9.93. The summed E-state index contributed by atoms with van der Waals surface area (Å²) in [7, 11) is 4.61. The minimum Gasteiger partial charge on any atom is -0.302 e. The maximum atomic E-state index is 2.75. The fraction of sp³-hybridized carbons (Fsp3) is 1.00. The van der Waals surface area contributed by atoms with Crippen molar-refractivity contribution in [1.29, 1.82) is 0 Å². The Morgan fingerprint density at radius 1 is 0.583 bits per heavy atom. The minimum absolute atomic E-state index is 0.254. The van der Waals surface area contributed by atoms with E-state index in [1.807, 2.05) is 0 Å². The van der Waals surface area contributed by atoms with Gasteiger partial charge in [-0.05, 0) is 68.5 Å². The van der Waals surface area contributed by atoms with E-state index in [2.05, 4.69) is 75.2 Å². The van der Waals surface area contributed by atoms with Crippen molar-refractivity contribution in [3.63, 3.8) is 0 Å². The molecule has 2 aliphatic heterocycles. The van der Waals surface area contributed by atoms with Crippen LogP contribution < -0.4 is 0 Å². The van der Waals surface area contributed by atoms with E-state index in [1.165, 1.54) is 52.1 Å². The smallest absolute Gasteiger partial charge is 0.0169 e. The second-order valence-electron chi connectivity index (χ2n) is 9.67. The summed E-state index contributed by atoms with van der Waals surface area (Å²) in [5.74, 6) is 0. The Kier molecular flexibility index (Phi) is 6.39. The van der Waals surface area contributed by atoms with E-state index in [0.717, 1.165) is 0 Å². The van der Waals surface area contributed by atoms with Crippen molar-refractivity contribution in [3.8, 4) is 0 Å². The predicted molar refractivity (Wildman–Crippen MR) is 105 cm³/mol. The molecule has 2 saturated heterocycles. The van der Waals surface area contributed by atoms with E-state index in [1.54, 1.807) is 0 Å². The average Bonchev–Trinajstić information content (AvgIpc) is 2.46. The van der Waals surface area contributed by atoms with Gasteiger partial charge in [0.05, 0.1) is 0 Å². The molecule has 0 N–H and O–H groups in total. The van der Waals surface area contributed by atoms with Gasteiger partial charge in [-0.25, -0.2) is 0 Å². The van der Waals surface area contributed by atoms with Gasteiger partial charge in [0, 0.05) is 62.4 Å². The molecule has 3 unspecified atom stereocenters. The Balaban J connectivity index is 2.33. The largest absolute Gasteiger partial charge is 0.302 e.